The summed E-state index contributed by atoms with van der Waals surface area (Å²) < 4.78 is 5.06. The van der Waals surface area contributed by atoms with E-state index in [4.69, 9.17) is 9.84 Å². The summed E-state index contributed by atoms with van der Waals surface area (Å²) in [5, 5.41) is 8.61. The predicted molar refractivity (Wildman–Crippen MR) is 66.1 cm³/mol. The van der Waals surface area contributed by atoms with Gasteiger partial charge in [0.15, 0.2) is 5.78 Å². The van der Waals surface area contributed by atoms with Gasteiger partial charge in [0.25, 0.3) is 0 Å². The number of hydrogen-bond donors (Lipinski definition) is 1. The molecule has 0 aromatic carbocycles. The number of carbonyl (C=O) groups is 1. The molecule has 1 aliphatic rings. The minimum absolute atomic E-state index is 0.0521. The summed E-state index contributed by atoms with van der Waals surface area (Å²) in [7, 11) is 1.73. The molecule has 5 nitrogen and oxygen atoms in total. The first-order valence-electron chi connectivity index (χ1n) is 6.32. The van der Waals surface area contributed by atoms with Crippen LogP contribution in [0.2, 0.25) is 0 Å². The van der Waals surface area contributed by atoms with Crippen LogP contribution in [0.4, 0.5) is 0 Å². The van der Waals surface area contributed by atoms with Gasteiger partial charge in [-0.3, -0.25) is 9.69 Å². The second-order valence-corrected chi connectivity index (χ2v) is 4.48. The minimum Gasteiger partial charge on any atom is -0.389 e. The van der Waals surface area contributed by atoms with Crippen molar-refractivity contribution >= 4 is 5.78 Å². The number of hydrogen-bond acceptors (Lipinski definition) is 5. The van der Waals surface area contributed by atoms with Gasteiger partial charge in [0, 0.05) is 46.3 Å². The van der Waals surface area contributed by atoms with E-state index in [0.717, 1.165) is 52.3 Å². The predicted octanol–water partition coefficient (Wildman–Crippen LogP) is -0.408. The average Bonchev–Trinajstić information content (AvgIpc) is 2.37. The zero-order valence-corrected chi connectivity index (χ0v) is 10.7. The fourth-order valence-electron chi connectivity index (χ4n) is 2.04. The number of aliphatic hydroxyl groups excluding tert-OH is 1. The molecule has 1 saturated heterocycles. The second kappa shape index (κ2) is 8.58. The second-order valence-electron chi connectivity index (χ2n) is 4.48. The van der Waals surface area contributed by atoms with Crippen LogP contribution in [0.1, 0.15) is 12.8 Å². The zero-order valence-electron chi connectivity index (χ0n) is 10.7. The molecule has 1 aliphatic heterocycles. The summed E-state index contributed by atoms with van der Waals surface area (Å²) >= 11 is 0. The standard InChI is InChI=1S/C12H24N2O3/c1-17-10-9-14-7-5-13(6-8-14)4-2-3-12(16)11-15/h15H,2-11H2,1H3. The van der Waals surface area contributed by atoms with E-state index in [1.807, 2.05) is 0 Å². The summed E-state index contributed by atoms with van der Waals surface area (Å²) in [5.41, 5.74) is 0. The fraction of sp³-hybridized carbons (Fsp3) is 0.917. The van der Waals surface area contributed by atoms with Gasteiger partial charge in [-0.2, -0.15) is 0 Å². The molecule has 0 radical (unpaired) electrons. The topological polar surface area (TPSA) is 53.0 Å². The van der Waals surface area contributed by atoms with Crippen molar-refractivity contribution in [2.45, 2.75) is 12.8 Å². The van der Waals surface area contributed by atoms with Crippen molar-refractivity contribution < 1.29 is 14.6 Å². The molecule has 5 heteroatoms. The lowest BCUT2D eigenvalue weighted by Gasteiger charge is -2.34. The molecule has 1 heterocycles. The Hall–Kier alpha value is -0.490. The first kappa shape index (κ1) is 14.6. The van der Waals surface area contributed by atoms with Crippen molar-refractivity contribution in [3.8, 4) is 0 Å². The summed E-state index contributed by atoms with van der Waals surface area (Å²) in [6.07, 6.45) is 1.36. The highest BCUT2D eigenvalue weighted by molar-refractivity contribution is 5.79. The first-order valence-corrected chi connectivity index (χ1v) is 6.32. The van der Waals surface area contributed by atoms with E-state index in [2.05, 4.69) is 9.80 Å². The van der Waals surface area contributed by atoms with Crippen molar-refractivity contribution in [3.05, 3.63) is 0 Å². The van der Waals surface area contributed by atoms with Crippen LogP contribution in [0, 0.1) is 0 Å². The molecular formula is C12H24N2O3. The molecule has 1 rings (SSSR count). The molecule has 0 unspecified atom stereocenters. The van der Waals surface area contributed by atoms with Gasteiger partial charge in [-0.05, 0) is 13.0 Å². The normalized spacial score (nSPS) is 18.5. The summed E-state index contributed by atoms with van der Waals surface area (Å²) in [6, 6.07) is 0. The molecule has 0 aliphatic carbocycles. The van der Waals surface area contributed by atoms with Crippen LogP contribution in [-0.4, -0.2) is 80.3 Å². The van der Waals surface area contributed by atoms with E-state index in [0.29, 0.717) is 6.42 Å². The van der Waals surface area contributed by atoms with E-state index in [1.54, 1.807) is 7.11 Å². The van der Waals surface area contributed by atoms with Crippen molar-refractivity contribution in [2.75, 3.05) is 59.6 Å². The molecular weight excluding hydrogens is 220 g/mol. The number of nitrogens with zero attached hydrogens (tertiary/aromatic N) is 2. The van der Waals surface area contributed by atoms with Crippen LogP contribution in [-0.2, 0) is 9.53 Å². The van der Waals surface area contributed by atoms with E-state index in [9.17, 15) is 4.79 Å². The highest BCUT2D eigenvalue weighted by atomic mass is 16.5. The van der Waals surface area contributed by atoms with E-state index >= 15 is 0 Å². The van der Waals surface area contributed by atoms with Crippen LogP contribution in [0.15, 0.2) is 0 Å². The molecule has 1 fully saturated rings. The molecule has 0 atom stereocenters. The SMILES string of the molecule is COCCN1CCN(CCCC(=O)CO)CC1. The number of piperazine rings is 1. The molecule has 1 N–H and O–H groups in total. The number of ether oxygens (including phenoxy) is 1. The number of rotatable bonds is 8. The lowest BCUT2D eigenvalue weighted by molar-refractivity contribution is -0.121. The van der Waals surface area contributed by atoms with E-state index in [-0.39, 0.29) is 12.4 Å². The maximum atomic E-state index is 10.9. The Morgan fingerprint density at radius 1 is 1.18 bits per heavy atom. The number of ketones is 1. The largest absolute Gasteiger partial charge is 0.389 e. The number of methoxy groups -OCH3 is 1. The maximum absolute atomic E-state index is 10.9. The molecule has 0 bridgehead atoms. The molecule has 0 aromatic heterocycles. The van der Waals surface area contributed by atoms with Crippen LogP contribution < -0.4 is 0 Å². The van der Waals surface area contributed by atoms with Gasteiger partial charge in [0.2, 0.25) is 0 Å². The highest BCUT2D eigenvalue weighted by Crippen LogP contribution is 2.03. The Kier molecular flexibility index (Phi) is 7.35. The lowest BCUT2D eigenvalue weighted by atomic mass is 10.2. The Morgan fingerprint density at radius 2 is 1.76 bits per heavy atom. The summed E-state index contributed by atoms with van der Waals surface area (Å²) in [5.74, 6) is -0.0521. The Morgan fingerprint density at radius 3 is 2.29 bits per heavy atom. The zero-order chi connectivity index (χ0) is 12.5. The minimum atomic E-state index is -0.315. The van der Waals surface area contributed by atoms with Gasteiger partial charge in [-0.1, -0.05) is 0 Å². The third kappa shape index (κ3) is 6.12. The van der Waals surface area contributed by atoms with E-state index < -0.39 is 0 Å². The average molecular weight is 244 g/mol. The third-order valence-corrected chi connectivity index (χ3v) is 3.18. The Labute approximate surface area is 103 Å². The fourth-order valence-corrected chi connectivity index (χ4v) is 2.04. The van der Waals surface area contributed by atoms with Gasteiger partial charge < -0.3 is 14.7 Å². The molecule has 0 spiro atoms. The summed E-state index contributed by atoms with van der Waals surface area (Å²) in [6.45, 7) is 6.75. The van der Waals surface area contributed by atoms with Crippen molar-refractivity contribution in [1.82, 2.24) is 9.80 Å². The smallest absolute Gasteiger partial charge is 0.158 e. The van der Waals surface area contributed by atoms with Gasteiger partial charge in [0.1, 0.15) is 6.61 Å². The molecule has 0 aromatic rings. The first-order chi connectivity index (χ1) is 8.26. The van der Waals surface area contributed by atoms with Gasteiger partial charge in [-0.25, -0.2) is 0 Å². The number of Topliss-reactive ketones (excluding diaryl/α,β-unsaturated/α-hetero) is 1. The van der Waals surface area contributed by atoms with Crippen LogP contribution in [0.25, 0.3) is 0 Å². The molecule has 17 heavy (non-hydrogen) atoms. The Bertz CT molecular complexity index is 216. The third-order valence-electron chi connectivity index (χ3n) is 3.18. The quantitative estimate of drug-likeness (QED) is 0.629. The highest BCUT2D eigenvalue weighted by Gasteiger charge is 2.15. The van der Waals surface area contributed by atoms with Crippen molar-refractivity contribution in [2.24, 2.45) is 0 Å². The lowest BCUT2D eigenvalue weighted by Crippen LogP contribution is -2.47. The molecule has 0 amide bonds. The summed E-state index contributed by atoms with van der Waals surface area (Å²) in [4.78, 5) is 15.7. The van der Waals surface area contributed by atoms with Crippen LogP contribution in [0.3, 0.4) is 0 Å². The van der Waals surface area contributed by atoms with Crippen LogP contribution in [0.5, 0.6) is 0 Å². The monoisotopic (exact) mass is 244 g/mol. The van der Waals surface area contributed by atoms with Gasteiger partial charge in [0.05, 0.1) is 6.61 Å². The van der Waals surface area contributed by atoms with E-state index in [1.165, 1.54) is 0 Å². The van der Waals surface area contributed by atoms with Gasteiger partial charge >= 0.3 is 0 Å². The van der Waals surface area contributed by atoms with Crippen molar-refractivity contribution in [3.63, 3.8) is 0 Å². The maximum Gasteiger partial charge on any atom is 0.158 e. The molecule has 0 saturated carbocycles. The van der Waals surface area contributed by atoms with Crippen LogP contribution >= 0.6 is 0 Å². The number of aliphatic hydroxyl groups is 1. The van der Waals surface area contributed by atoms with Gasteiger partial charge in [-0.15, -0.1) is 0 Å². The molecule has 100 valence electrons. The van der Waals surface area contributed by atoms with Crippen molar-refractivity contribution in [1.29, 1.82) is 0 Å². The Balaban J connectivity index is 2.04. The number of carbonyl (C=O) groups excluding carboxylic acids is 1.